The highest BCUT2D eigenvalue weighted by molar-refractivity contribution is 7.80. The van der Waals surface area contributed by atoms with Crippen LogP contribution in [-0.4, -0.2) is 28.5 Å². The summed E-state index contributed by atoms with van der Waals surface area (Å²) in [5.41, 5.74) is 0. The molecular weight excluding hydrogens is 200 g/mol. The zero-order valence-electron chi connectivity index (χ0n) is 7.64. The van der Waals surface area contributed by atoms with Crippen LogP contribution >= 0.6 is 12.2 Å². The molecule has 0 amide bonds. The maximum atomic E-state index is 8.51. The number of nitrogens with zero attached hydrogens (tertiary/aromatic N) is 1. The third-order valence-corrected chi connectivity index (χ3v) is 1.65. The Morgan fingerprint density at radius 3 is 3.07 bits per heavy atom. The number of hydrogen-bond acceptors (Lipinski definition) is 4. The summed E-state index contributed by atoms with van der Waals surface area (Å²) in [6, 6.07) is 5.47. The number of aromatic nitrogens is 1. The van der Waals surface area contributed by atoms with E-state index < -0.39 is 0 Å². The average molecular weight is 212 g/mol. The Hall–Kier alpha value is -1.20. The summed E-state index contributed by atoms with van der Waals surface area (Å²) in [6.07, 6.45) is 2.24. The summed E-state index contributed by atoms with van der Waals surface area (Å²) in [6.45, 7) is 0.515. The Morgan fingerprint density at radius 2 is 2.43 bits per heavy atom. The molecule has 0 saturated heterocycles. The Morgan fingerprint density at radius 1 is 1.57 bits per heavy atom. The van der Waals surface area contributed by atoms with Gasteiger partial charge in [-0.25, -0.2) is 4.98 Å². The van der Waals surface area contributed by atoms with Crippen molar-refractivity contribution in [1.29, 1.82) is 0 Å². The molecular formula is C9H12N2O2S. The molecule has 1 aromatic rings. The van der Waals surface area contributed by atoms with Crippen molar-refractivity contribution >= 4 is 23.2 Å². The average Bonchev–Trinajstić information content (AvgIpc) is 2.20. The van der Waals surface area contributed by atoms with E-state index in [1.54, 1.807) is 12.3 Å². The largest absolute Gasteiger partial charge is 0.471 e. The SMILES string of the molecule is OCCCOC(=S)Nc1ccccn1. The van der Waals surface area contributed by atoms with Gasteiger partial charge in [0.05, 0.1) is 6.61 Å². The zero-order chi connectivity index (χ0) is 10.2. The summed E-state index contributed by atoms with van der Waals surface area (Å²) >= 11 is 4.89. The van der Waals surface area contributed by atoms with Crippen molar-refractivity contribution in [3.05, 3.63) is 24.4 Å². The number of anilines is 1. The first-order chi connectivity index (χ1) is 6.83. The van der Waals surface area contributed by atoms with Crippen molar-refractivity contribution < 1.29 is 9.84 Å². The van der Waals surface area contributed by atoms with Gasteiger partial charge in [-0.3, -0.25) is 0 Å². The molecule has 0 unspecified atom stereocenters. The number of hydrogen-bond donors (Lipinski definition) is 2. The Balaban J connectivity index is 2.27. The molecule has 0 fully saturated rings. The standard InChI is InChI=1S/C9H12N2O2S/c12-6-3-7-13-9(14)11-8-4-1-2-5-10-8/h1-2,4-5,12H,3,6-7H2,(H,10,11,14). The molecule has 0 spiro atoms. The summed E-state index contributed by atoms with van der Waals surface area (Å²) < 4.78 is 5.11. The first-order valence-electron chi connectivity index (χ1n) is 4.28. The number of aliphatic hydroxyl groups is 1. The third-order valence-electron chi connectivity index (χ3n) is 1.43. The van der Waals surface area contributed by atoms with E-state index in [-0.39, 0.29) is 11.8 Å². The highest BCUT2D eigenvalue weighted by Gasteiger charge is 1.97. The van der Waals surface area contributed by atoms with E-state index in [1.165, 1.54) is 0 Å². The quantitative estimate of drug-likeness (QED) is 0.579. The van der Waals surface area contributed by atoms with Crippen molar-refractivity contribution in [1.82, 2.24) is 4.98 Å². The van der Waals surface area contributed by atoms with Gasteiger partial charge in [-0.2, -0.15) is 0 Å². The van der Waals surface area contributed by atoms with Crippen LogP contribution in [0.4, 0.5) is 5.82 Å². The molecule has 1 aromatic heterocycles. The Labute approximate surface area is 87.9 Å². The van der Waals surface area contributed by atoms with Crippen molar-refractivity contribution in [2.45, 2.75) is 6.42 Å². The van der Waals surface area contributed by atoms with Gasteiger partial charge in [0, 0.05) is 19.2 Å². The fourth-order valence-corrected chi connectivity index (χ4v) is 0.995. The maximum absolute atomic E-state index is 8.51. The molecule has 1 rings (SSSR count). The molecule has 2 N–H and O–H groups in total. The molecule has 0 aliphatic heterocycles. The van der Waals surface area contributed by atoms with E-state index in [0.29, 0.717) is 18.8 Å². The van der Waals surface area contributed by atoms with Crippen LogP contribution < -0.4 is 5.32 Å². The lowest BCUT2D eigenvalue weighted by atomic mass is 10.5. The molecule has 0 radical (unpaired) electrons. The van der Waals surface area contributed by atoms with E-state index in [0.717, 1.165) is 0 Å². The van der Waals surface area contributed by atoms with Crippen LogP contribution in [-0.2, 0) is 4.74 Å². The maximum Gasteiger partial charge on any atom is 0.262 e. The van der Waals surface area contributed by atoms with E-state index in [2.05, 4.69) is 10.3 Å². The number of ether oxygens (including phenoxy) is 1. The molecule has 14 heavy (non-hydrogen) atoms. The second-order valence-electron chi connectivity index (χ2n) is 2.55. The first kappa shape index (κ1) is 10.9. The molecule has 5 heteroatoms. The monoisotopic (exact) mass is 212 g/mol. The molecule has 4 nitrogen and oxygen atoms in total. The van der Waals surface area contributed by atoms with E-state index in [4.69, 9.17) is 22.1 Å². The van der Waals surface area contributed by atoms with E-state index in [9.17, 15) is 0 Å². The third kappa shape index (κ3) is 4.15. The highest BCUT2D eigenvalue weighted by atomic mass is 32.1. The summed E-state index contributed by atoms with van der Waals surface area (Å²) in [5.74, 6) is 0.654. The highest BCUT2D eigenvalue weighted by Crippen LogP contribution is 2.00. The lowest BCUT2D eigenvalue weighted by Crippen LogP contribution is -2.15. The number of nitrogens with one attached hydrogen (secondary N) is 1. The predicted molar refractivity (Wildman–Crippen MR) is 58.1 cm³/mol. The van der Waals surface area contributed by atoms with Gasteiger partial charge in [0.15, 0.2) is 0 Å². The molecule has 0 aliphatic carbocycles. The van der Waals surface area contributed by atoms with Crippen molar-refractivity contribution in [2.24, 2.45) is 0 Å². The van der Waals surface area contributed by atoms with E-state index in [1.807, 2.05) is 12.1 Å². The van der Waals surface area contributed by atoms with Gasteiger partial charge in [0.1, 0.15) is 5.82 Å². The van der Waals surface area contributed by atoms with Gasteiger partial charge < -0.3 is 15.2 Å². The van der Waals surface area contributed by atoms with Crippen molar-refractivity contribution in [2.75, 3.05) is 18.5 Å². The van der Waals surface area contributed by atoms with Crippen LogP contribution in [0.2, 0.25) is 0 Å². The van der Waals surface area contributed by atoms with Gasteiger partial charge in [0.25, 0.3) is 5.17 Å². The fourth-order valence-electron chi connectivity index (χ4n) is 0.807. The van der Waals surface area contributed by atoms with Crippen LogP contribution in [0.15, 0.2) is 24.4 Å². The molecule has 1 heterocycles. The zero-order valence-corrected chi connectivity index (χ0v) is 8.46. The molecule has 0 aromatic carbocycles. The normalized spacial score (nSPS) is 9.50. The fraction of sp³-hybridized carbons (Fsp3) is 0.333. The second-order valence-corrected chi connectivity index (χ2v) is 2.92. The van der Waals surface area contributed by atoms with Crippen molar-refractivity contribution in [3.8, 4) is 0 Å². The number of rotatable bonds is 4. The molecule has 0 atom stereocenters. The van der Waals surface area contributed by atoms with Crippen LogP contribution in [0.3, 0.4) is 0 Å². The first-order valence-corrected chi connectivity index (χ1v) is 4.69. The van der Waals surface area contributed by atoms with Gasteiger partial charge >= 0.3 is 0 Å². The van der Waals surface area contributed by atoms with Gasteiger partial charge in [-0.15, -0.1) is 0 Å². The Kier molecular flexibility index (Phi) is 4.88. The molecule has 0 saturated carbocycles. The molecule has 0 aliphatic rings. The second kappa shape index (κ2) is 6.28. The predicted octanol–water partition coefficient (Wildman–Crippen LogP) is 1.18. The van der Waals surface area contributed by atoms with Crippen LogP contribution in [0.1, 0.15) is 6.42 Å². The van der Waals surface area contributed by atoms with Gasteiger partial charge in [-0.1, -0.05) is 6.07 Å². The summed E-state index contributed by atoms with van der Waals surface area (Å²) in [4.78, 5) is 4.02. The lowest BCUT2D eigenvalue weighted by molar-refractivity contribution is 0.230. The molecule has 0 bridgehead atoms. The Bertz CT molecular complexity index is 279. The molecule has 76 valence electrons. The smallest absolute Gasteiger partial charge is 0.262 e. The number of pyridine rings is 1. The number of aliphatic hydroxyl groups excluding tert-OH is 1. The minimum Gasteiger partial charge on any atom is -0.471 e. The minimum absolute atomic E-state index is 0.103. The lowest BCUT2D eigenvalue weighted by Gasteiger charge is -2.07. The van der Waals surface area contributed by atoms with Gasteiger partial charge in [-0.05, 0) is 24.4 Å². The minimum atomic E-state index is 0.103. The number of thiocarbonyl (C=S) groups is 1. The van der Waals surface area contributed by atoms with Crippen molar-refractivity contribution in [3.63, 3.8) is 0 Å². The topological polar surface area (TPSA) is 54.4 Å². The summed E-state index contributed by atoms with van der Waals surface area (Å²) in [5, 5.41) is 11.6. The van der Waals surface area contributed by atoms with Crippen LogP contribution in [0.5, 0.6) is 0 Å². The summed E-state index contributed by atoms with van der Waals surface area (Å²) in [7, 11) is 0. The van der Waals surface area contributed by atoms with Crippen LogP contribution in [0, 0.1) is 0 Å². The van der Waals surface area contributed by atoms with E-state index >= 15 is 0 Å². The van der Waals surface area contributed by atoms with Crippen LogP contribution in [0.25, 0.3) is 0 Å². The van der Waals surface area contributed by atoms with Gasteiger partial charge in [0.2, 0.25) is 0 Å².